The number of aromatic nitrogens is 1. The Kier molecular flexibility index (Phi) is 4.15. The van der Waals surface area contributed by atoms with E-state index in [1.54, 1.807) is 19.2 Å². The topological polar surface area (TPSA) is 39.2 Å². The van der Waals surface area contributed by atoms with Crippen LogP contribution in [0.4, 0.5) is 0 Å². The first kappa shape index (κ1) is 12.8. The molecule has 0 fully saturated rings. The molecule has 0 spiro atoms. The molecule has 0 aliphatic rings. The Morgan fingerprint density at radius 3 is 3.00 bits per heavy atom. The summed E-state index contributed by atoms with van der Waals surface area (Å²) in [5, 5.41) is 1.62. The molecule has 2 rings (SSSR count). The van der Waals surface area contributed by atoms with Gasteiger partial charge in [0.1, 0.15) is 0 Å². The van der Waals surface area contributed by atoms with Gasteiger partial charge in [-0.1, -0.05) is 23.7 Å². The van der Waals surface area contributed by atoms with Crippen molar-refractivity contribution in [2.45, 2.75) is 19.8 Å². The first-order valence-corrected chi connectivity index (χ1v) is 6.27. The lowest BCUT2D eigenvalue weighted by Crippen LogP contribution is -2.05. The van der Waals surface area contributed by atoms with Gasteiger partial charge in [0, 0.05) is 18.0 Å². The molecular weight excluding hydrogens is 250 g/mol. The third-order valence-electron chi connectivity index (χ3n) is 2.68. The normalized spacial score (nSPS) is 10.6. The second-order valence-corrected chi connectivity index (χ2v) is 4.36. The summed E-state index contributed by atoms with van der Waals surface area (Å²) >= 11 is 6.06. The highest BCUT2D eigenvalue weighted by Gasteiger charge is 2.05. The fraction of sp³-hybridized carbons (Fsp3) is 0.286. The molecule has 94 valence electrons. The molecule has 0 radical (unpaired) electrons. The van der Waals surface area contributed by atoms with Crippen molar-refractivity contribution in [2.24, 2.45) is 0 Å². The number of ether oxygens (including phenoxy) is 1. The van der Waals surface area contributed by atoms with E-state index in [-0.39, 0.29) is 5.97 Å². The smallest absolute Gasteiger partial charge is 0.306 e. The van der Waals surface area contributed by atoms with Crippen LogP contribution in [0.2, 0.25) is 5.02 Å². The number of esters is 1. The van der Waals surface area contributed by atoms with Gasteiger partial charge in [-0.15, -0.1) is 0 Å². The average molecular weight is 264 g/mol. The quantitative estimate of drug-likeness (QED) is 0.794. The average Bonchev–Trinajstić information content (AvgIpc) is 2.37. The van der Waals surface area contributed by atoms with Crippen molar-refractivity contribution in [3.8, 4) is 0 Å². The molecule has 0 N–H and O–H groups in total. The van der Waals surface area contributed by atoms with Gasteiger partial charge in [-0.05, 0) is 31.0 Å². The fourth-order valence-electron chi connectivity index (χ4n) is 1.79. The summed E-state index contributed by atoms with van der Waals surface area (Å²) in [6.07, 6.45) is 2.72. The molecule has 0 aliphatic carbocycles. The summed E-state index contributed by atoms with van der Waals surface area (Å²) < 4.78 is 4.89. The van der Waals surface area contributed by atoms with Gasteiger partial charge in [0.2, 0.25) is 0 Å². The first-order chi connectivity index (χ1) is 8.70. The van der Waals surface area contributed by atoms with Crippen LogP contribution in [0.1, 0.15) is 18.9 Å². The third-order valence-corrected chi connectivity index (χ3v) is 3.01. The van der Waals surface area contributed by atoms with Gasteiger partial charge in [-0.25, -0.2) is 0 Å². The number of rotatable bonds is 4. The Morgan fingerprint density at radius 2 is 2.22 bits per heavy atom. The number of benzene rings is 1. The molecule has 18 heavy (non-hydrogen) atoms. The Balaban J connectivity index is 2.13. The Bertz CT molecular complexity index is 569. The third kappa shape index (κ3) is 2.99. The molecule has 3 nitrogen and oxygen atoms in total. The van der Waals surface area contributed by atoms with Gasteiger partial charge < -0.3 is 4.74 Å². The first-order valence-electron chi connectivity index (χ1n) is 5.89. The molecule has 0 aliphatic heterocycles. The van der Waals surface area contributed by atoms with E-state index < -0.39 is 0 Å². The molecular formula is C14H14ClNO2. The minimum absolute atomic E-state index is 0.170. The van der Waals surface area contributed by atoms with E-state index in [4.69, 9.17) is 16.3 Å². The van der Waals surface area contributed by atoms with Crippen LogP contribution in [0, 0.1) is 0 Å². The van der Waals surface area contributed by atoms with Gasteiger partial charge in [0.25, 0.3) is 0 Å². The predicted octanol–water partition coefficient (Wildman–Crippen LogP) is 3.38. The number of halogens is 1. The SMILES string of the molecule is CCOC(=O)CCc1ccc2c(Cl)ccnc2c1. The van der Waals surface area contributed by atoms with Crippen LogP contribution in [0.5, 0.6) is 0 Å². The zero-order valence-electron chi connectivity index (χ0n) is 10.1. The monoisotopic (exact) mass is 263 g/mol. The predicted molar refractivity (Wildman–Crippen MR) is 71.7 cm³/mol. The van der Waals surface area contributed by atoms with Gasteiger partial charge in [-0.2, -0.15) is 0 Å². The standard InChI is InChI=1S/C14H14ClNO2/c1-2-18-14(17)6-4-10-3-5-11-12(15)7-8-16-13(11)9-10/h3,5,7-9H,2,4,6H2,1H3. The highest BCUT2D eigenvalue weighted by molar-refractivity contribution is 6.35. The Morgan fingerprint density at radius 1 is 1.39 bits per heavy atom. The summed E-state index contributed by atoms with van der Waals surface area (Å²) in [5.41, 5.74) is 1.91. The van der Waals surface area contributed by atoms with Gasteiger partial charge in [-0.3, -0.25) is 9.78 Å². The molecule has 0 saturated heterocycles. The van der Waals surface area contributed by atoms with Crippen LogP contribution in [0.15, 0.2) is 30.5 Å². The Labute approximate surface area is 111 Å². The van der Waals surface area contributed by atoms with E-state index in [1.807, 2.05) is 18.2 Å². The van der Waals surface area contributed by atoms with Crippen molar-refractivity contribution >= 4 is 28.5 Å². The number of hydrogen-bond donors (Lipinski definition) is 0. The van der Waals surface area contributed by atoms with Crippen LogP contribution in [-0.4, -0.2) is 17.6 Å². The number of nitrogens with zero attached hydrogens (tertiary/aromatic N) is 1. The molecule has 0 saturated carbocycles. The minimum atomic E-state index is -0.170. The van der Waals surface area contributed by atoms with Crippen molar-refractivity contribution < 1.29 is 9.53 Å². The highest BCUT2D eigenvalue weighted by atomic mass is 35.5. The molecule has 2 aromatic rings. The fourth-order valence-corrected chi connectivity index (χ4v) is 2.01. The van der Waals surface area contributed by atoms with Crippen molar-refractivity contribution in [3.05, 3.63) is 41.0 Å². The maximum Gasteiger partial charge on any atom is 0.306 e. The number of carbonyl (C=O) groups is 1. The van der Waals surface area contributed by atoms with E-state index in [9.17, 15) is 4.79 Å². The van der Waals surface area contributed by atoms with E-state index in [0.717, 1.165) is 16.5 Å². The second-order valence-electron chi connectivity index (χ2n) is 3.95. The minimum Gasteiger partial charge on any atom is -0.466 e. The van der Waals surface area contributed by atoms with Crippen molar-refractivity contribution in [1.82, 2.24) is 4.98 Å². The molecule has 1 aromatic heterocycles. The van der Waals surface area contributed by atoms with Gasteiger partial charge >= 0.3 is 5.97 Å². The van der Waals surface area contributed by atoms with E-state index >= 15 is 0 Å². The van der Waals surface area contributed by atoms with Crippen molar-refractivity contribution in [2.75, 3.05) is 6.61 Å². The molecule has 0 unspecified atom stereocenters. The zero-order chi connectivity index (χ0) is 13.0. The zero-order valence-corrected chi connectivity index (χ0v) is 10.9. The molecule has 0 bridgehead atoms. The Hall–Kier alpha value is -1.61. The van der Waals surface area contributed by atoms with Crippen LogP contribution >= 0.6 is 11.6 Å². The van der Waals surface area contributed by atoms with Crippen LogP contribution < -0.4 is 0 Å². The second kappa shape index (κ2) is 5.83. The number of carbonyl (C=O) groups excluding carboxylic acids is 1. The number of fused-ring (bicyclic) bond motifs is 1. The maximum absolute atomic E-state index is 11.3. The van der Waals surface area contributed by atoms with E-state index in [0.29, 0.717) is 24.5 Å². The lowest BCUT2D eigenvalue weighted by molar-refractivity contribution is -0.143. The van der Waals surface area contributed by atoms with E-state index in [1.165, 1.54) is 0 Å². The van der Waals surface area contributed by atoms with Crippen LogP contribution in [-0.2, 0) is 16.0 Å². The van der Waals surface area contributed by atoms with Crippen molar-refractivity contribution in [3.63, 3.8) is 0 Å². The molecule has 0 atom stereocenters. The van der Waals surface area contributed by atoms with Crippen LogP contribution in [0.25, 0.3) is 10.9 Å². The van der Waals surface area contributed by atoms with Gasteiger partial charge in [0.05, 0.1) is 17.1 Å². The molecule has 1 aromatic carbocycles. The van der Waals surface area contributed by atoms with E-state index in [2.05, 4.69) is 4.98 Å². The van der Waals surface area contributed by atoms with Crippen molar-refractivity contribution in [1.29, 1.82) is 0 Å². The summed E-state index contributed by atoms with van der Waals surface area (Å²) in [6, 6.07) is 7.63. The lowest BCUT2D eigenvalue weighted by Gasteiger charge is -2.04. The molecule has 0 amide bonds. The summed E-state index contributed by atoms with van der Waals surface area (Å²) in [5.74, 6) is -0.170. The van der Waals surface area contributed by atoms with Crippen LogP contribution in [0.3, 0.4) is 0 Å². The number of pyridine rings is 1. The molecule has 1 heterocycles. The molecule has 4 heteroatoms. The summed E-state index contributed by atoms with van der Waals surface area (Å²) in [7, 11) is 0. The number of aryl methyl sites for hydroxylation is 1. The maximum atomic E-state index is 11.3. The summed E-state index contributed by atoms with van der Waals surface area (Å²) in [4.78, 5) is 15.5. The summed E-state index contributed by atoms with van der Waals surface area (Å²) in [6.45, 7) is 2.23. The largest absolute Gasteiger partial charge is 0.466 e. The highest BCUT2D eigenvalue weighted by Crippen LogP contribution is 2.22. The van der Waals surface area contributed by atoms with Gasteiger partial charge in [0.15, 0.2) is 0 Å². The lowest BCUT2D eigenvalue weighted by atomic mass is 10.1. The number of hydrogen-bond acceptors (Lipinski definition) is 3.